The highest BCUT2D eigenvalue weighted by molar-refractivity contribution is 14.0. The Labute approximate surface area is 220 Å². The van der Waals surface area contributed by atoms with Gasteiger partial charge in [-0.2, -0.15) is 0 Å². The number of halogens is 1. The molecule has 1 atom stereocenters. The number of piperidine rings is 1. The summed E-state index contributed by atoms with van der Waals surface area (Å²) in [6.07, 6.45) is 4.57. The summed E-state index contributed by atoms with van der Waals surface area (Å²) in [7, 11) is 1.84. The fourth-order valence-corrected chi connectivity index (χ4v) is 4.64. The molecule has 1 N–H and O–H groups in total. The van der Waals surface area contributed by atoms with E-state index in [1.165, 1.54) is 12.0 Å². The number of amides is 1. The molecular weight excluding hydrogens is 539 g/mol. The Bertz CT molecular complexity index is 914. The van der Waals surface area contributed by atoms with Gasteiger partial charge in [-0.25, -0.2) is 0 Å². The second-order valence-electron chi connectivity index (χ2n) is 9.05. The average molecular weight is 577 g/mol. The van der Waals surface area contributed by atoms with Gasteiger partial charge < -0.3 is 19.9 Å². The summed E-state index contributed by atoms with van der Waals surface area (Å²) in [6.45, 7) is 5.84. The van der Waals surface area contributed by atoms with E-state index >= 15 is 0 Å². The number of aliphatic imine (C=N–C) groups is 1. The third-order valence-corrected chi connectivity index (χ3v) is 6.56. The Hall–Kier alpha value is -2.13. The van der Waals surface area contributed by atoms with E-state index < -0.39 is 0 Å². The first-order valence-corrected chi connectivity index (χ1v) is 12.2. The molecule has 6 nitrogen and oxygen atoms in total. The Morgan fingerprint density at radius 3 is 2.41 bits per heavy atom. The molecule has 4 rings (SSSR count). The highest BCUT2D eigenvalue weighted by atomic mass is 127. The number of nitrogens with one attached hydrogen (secondary N) is 1. The van der Waals surface area contributed by atoms with Crippen molar-refractivity contribution in [2.75, 3.05) is 39.8 Å². The molecular formula is C27H37IN4O2. The van der Waals surface area contributed by atoms with Crippen LogP contribution in [0.25, 0.3) is 0 Å². The van der Waals surface area contributed by atoms with E-state index in [2.05, 4.69) is 27.3 Å². The lowest BCUT2D eigenvalue weighted by Gasteiger charge is -2.26. The molecule has 2 aliphatic heterocycles. The van der Waals surface area contributed by atoms with Gasteiger partial charge in [-0.05, 0) is 48.9 Å². The molecule has 0 radical (unpaired) electrons. The Kier molecular flexibility index (Phi) is 10.7. The number of guanidine groups is 1. The van der Waals surface area contributed by atoms with Crippen LogP contribution >= 0.6 is 24.0 Å². The number of ether oxygens (including phenoxy) is 1. The lowest BCUT2D eigenvalue weighted by molar-refractivity contribution is 0.0724. The first-order valence-electron chi connectivity index (χ1n) is 12.2. The minimum absolute atomic E-state index is 0. The molecule has 0 bridgehead atoms. The predicted octanol–water partition coefficient (Wildman–Crippen LogP) is 4.54. The van der Waals surface area contributed by atoms with Crippen molar-refractivity contribution >= 4 is 35.8 Å². The SMILES string of the molecule is CN=C(NCc1ccc(C(=O)N2CCCCC2)cc1)N1CCC(COCc2ccccc2)C1.I. The van der Waals surface area contributed by atoms with Crippen molar-refractivity contribution in [1.82, 2.24) is 15.1 Å². The maximum absolute atomic E-state index is 12.7. The van der Waals surface area contributed by atoms with Gasteiger partial charge in [0.05, 0.1) is 13.2 Å². The molecule has 7 heteroatoms. The van der Waals surface area contributed by atoms with Crippen LogP contribution in [0.3, 0.4) is 0 Å². The van der Waals surface area contributed by atoms with Crippen LogP contribution in [0.1, 0.15) is 47.2 Å². The monoisotopic (exact) mass is 576 g/mol. The number of carbonyl (C=O) groups is 1. The number of hydrogen-bond donors (Lipinski definition) is 1. The largest absolute Gasteiger partial charge is 0.376 e. The molecule has 2 aromatic carbocycles. The molecule has 2 fully saturated rings. The molecule has 2 aliphatic rings. The van der Waals surface area contributed by atoms with Crippen LogP contribution in [0, 0.1) is 5.92 Å². The summed E-state index contributed by atoms with van der Waals surface area (Å²) in [6, 6.07) is 18.3. The number of rotatable bonds is 7. The third kappa shape index (κ3) is 7.43. The van der Waals surface area contributed by atoms with E-state index in [0.717, 1.165) is 69.1 Å². The lowest BCUT2D eigenvalue weighted by Crippen LogP contribution is -2.39. The van der Waals surface area contributed by atoms with Crippen molar-refractivity contribution in [3.05, 3.63) is 71.3 Å². The summed E-state index contributed by atoms with van der Waals surface area (Å²) < 4.78 is 5.95. The van der Waals surface area contributed by atoms with Crippen molar-refractivity contribution in [2.45, 2.75) is 38.8 Å². The Morgan fingerprint density at radius 1 is 0.971 bits per heavy atom. The van der Waals surface area contributed by atoms with E-state index in [1.54, 1.807) is 0 Å². The number of likely N-dealkylation sites (tertiary alicyclic amines) is 2. The number of carbonyl (C=O) groups excluding carboxylic acids is 1. The maximum atomic E-state index is 12.7. The molecule has 1 amide bonds. The first kappa shape index (κ1) is 26.5. The number of benzene rings is 2. The molecule has 0 spiro atoms. The highest BCUT2D eigenvalue weighted by Gasteiger charge is 2.25. The van der Waals surface area contributed by atoms with Crippen LogP contribution in [0.4, 0.5) is 0 Å². The Morgan fingerprint density at radius 2 is 1.71 bits per heavy atom. The van der Waals surface area contributed by atoms with E-state index in [1.807, 2.05) is 54.4 Å². The van der Waals surface area contributed by atoms with Gasteiger partial charge >= 0.3 is 0 Å². The first-order chi connectivity index (χ1) is 16.2. The van der Waals surface area contributed by atoms with Gasteiger partial charge in [0.25, 0.3) is 5.91 Å². The van der Waals surface area contributed by atoms with Gasteiger partial charge in [-0.1, -0.05) is 42.5 Å². The molecule has 0 saturated carbocycles. The van der Waals surface area contributed by atoms with E-state index in [9.17, 15) is 4.79 Å². The minimum Gasteiger partial charge on any atom is -0.376 e. The minimum atomic E-state index is 0. The molecule has 2 heterocycles. The van der Waals surface area contributed by atoms with Gasteiger partial charge in [0.1, 0.15) is 0 Å². The van der Waals surface area contributed by atoms with Gasteiger partial charge in [-0.15, -0.1) is 24.0 Å². The second-order valence-corrected chi connectivity index (χ2v) is 9.05. The standard InChI is InChI=1S/C27H36N4O2.HI/c1-28-27(31-17-14-24(19-31)21-33-20-23-8-4-2-5-9-23)29-18-22-10-12-25(13-11-22)26(32)30-15-6-3-7-16-30;/h2,4-5,8-13,24H,3,6-7,14-21H2,1H3,(H,28,29);1H. The van der Waals surface area contributed by atoms with Crippen LogP contribution in [0.15, 0.2) is 59.6 Å². The van der Waals surface area contributed by atoms with Crippen LogP contribution < -0.4 is 5.32 Å². The quantitative estimate of drug-likeness (QED) is 0.299. The van der Waals surface area contributed by atoms with Crippen molar-refractivity contribution in [3.63, 3.8) is 0 Å². The van der Waals surface area contributed by atoms with Crippen molar-refractivity contribution in [1.29, 1.82) is 0 Å². The average Bonchev–Trinajstić information content (AvgIpc) is 3.34. The summed E-state index contributed by atoms with van der Waals surface area (Å²) in [4.78, 5) is 21.4. The zero-order valence-electron chi connectivity index (χ0n) is 20.1. The Balaban J connectivity index is 0.00000324. The molecule has 1 unspecified atom stereocenters. The van der Waals surface area contributed by atoms with Gasteiger partial charge in [0.2, 0.25) is 0 Å². The molecule has 184 valence electrons. The summed E-state index contributed by atoms with van der Waals surface area (Å²) in [5, 5.41) is 3.48. The van der Waals surface area contributed by atoms with Gasteiger partial charge in [0.15, 0.2) is 5.96 Å². The zero-order valence-corrected chi connectivity index (χ0v) is 22.4. The van der Waals surface area contributed by atoms with E-state index in [4.69, 9.17) is 4.74 Å². The topological polar surface area (TPSA) is 57.2 Å². The fraction of sp³-hybridized carbons (Fsp3) is 0.481. The van der Waals surface area contributed by atoms with Crippen molar-refractivity contribution < 1.29 is 9.53 Å². The maximum Gasteiger partial charge on any atom is 0.253 e. The molecule has 0 aromatic heterocycles. The van der Waals surface area contributed by atoms with Crippen molar-refractivity contribution in [3.8, 4) is 0 Å². The van der Waals surface area contributed by atoms with Crippen LogP contribution in [0.5, 0.6) is 0 Å². The second kappa shape index (κ2) is 13.7. The van der Waals surface area contributed by atoms with Gasteiger partial charge in [0, 0.05) is 51.3 Å². The smallest absolute Gasteiger partial charge is 0.253 e. The van der Waals surface area contributed by atoms with E-state index in [-0.39, 0.29) is 29.9 Å². The van der Waals surface area contributed by atoms with Crippen molar-refractivity contribution in [2.24, 2.45) is 10.9 Å². The fourth-order valence-electron chi connectivity index (χ4n) is 4.64. The van der Waals surface area contributed by atoms with Crippen LogP contribution in [-0.2, 0) is 17.9 Å². The molecule has 34 heavy (non-hydrogen) atoms. The highest BCUT2D eigenvalue weighted by Crippen LogP contribution is 2.18. The summed E-state index contributed by atoms with van der Waals surface area (Å²) in [5.41, 5.74) is 3.14. The van der Waals surface area contributed by atoms with Gasteiger partial charge in [-0.3, -0.25) is 9.79 Å². The third-order valence-electron chi connectivity index (χ3n) is 6.56. The molecule has 2 aromatic rings. The number of hydrogen-bond acceptors (Lipinski definition) is 3. The lowest BCUT2D eigenvalue weighted by atomic mass is 10.1. The van der Waals surface area contributed by atoms with E-state index in [0.29, 0.717) is 19.1 Å². The van der Waals surface area contributed by atoms with Crippen LogP contribution in [0.2, 0.25) is 0 Å². The number of nitrogens with zero attached hydrogens (tertiary/aromatic N) is 3. The molecule has 2 saturated heterocycles. The zero-order chi connectivity index (χ0) is 22.9. The summed E-state index contributed by atoms with van der Waals surface area (Å²) in [5.74, 6) is 1.60. The summed E-state index contributed by atoms with van der Waals surface area (Å²) >= 11 is 0. The predicted molar refractivity (Wildman–Crippen MR) is 148 cm³/mol. The van der Waals surface area contributed by atoms with Crippen LogP contribution in [-0.4, -0.2) is 61.5 Å². The molecule has 0 aliphatic carbocycles. The normalized spacial score (nSPS) is 18.5.